The van der Waals surface area contributed by atoms with Crippen LogP contribution in [0, 0.1) is 6.92 Å². The summed E-state index contributed by atoms with van der Waals surface area (Å²) in [6.45, 7) is 2.02. The number of rotatable bonds is 4. The van der Waals surface area contributed by atoms with E-state index in [0.717, 1.165) is 5.56 Å². The first kappa shape index (κ1) is 20.4. The summed E-state index contributed by atoms with van der Waals surface area (Å²) in [5.41, 5.74) is 1.83. The Balaban J connectivity index is 1.78. The van der Waals surface area contributed by atoms with Gasteiger partial charge in [-0.1, -0.05) is 11.6 Å². The third kappa shape index (κ3) is 3.10. The summed E-state index contributed by atoms with van der Waals surface area (Å²) in [7, 11) is 1.43. The molecule has 8 heteroatoms. The number of furan rings is 1. The van der Waals surface area contributed by atoms with Gasteiger partial charge in [0, 0.05) is 0 Å². The fraction of sp³-hybridized carbons (Fsp3) is 0.167. The highest BCUT2D eigenvalue weighted by Gasteiger charge is 2.43. The zero-order valence-electron chi connectivity index (χ0n) is 17.2. The number of fused-ring (bicyclic) bond motifs is 2. The molecule has 1 aliphatic rings. The van der Waals surface area contributed by atoms with E-state index in [1.165, 1.54) is 18.3 Å². The second-order valence-electron chi connectivity index (χ2n) is 7.64. The predicted octanol–water partition coefficient (Wildman–Crippen LogP) is 4.92. The first-order valence-corrected chi connectivity index (χ1v) is 10.7. The predicted molar refractivity (Wildman–Crippen MR) is 120 cm³/mol. The van der Waals surface area contributed by atoms with E-state index >= 15 is 0 Å². The average Bonchev–Trinajstić information content (AvgIpc) is 3.38. The van der Waals surface area contributed by atoms with Crippen molar-refractivity contribution in [3.8, 4) is 11.5 Å². The Bertz CT molecular complexity index is 1420. The summed E-state index contributed by atoms with van der Waals surface area (Å²) in [5, 5.41) is 10.7. The Morgan fingerprint density at radius 3 is 2.72 bits per heavy atom. The fourth-order valence-corrected chi connectivity index (χ4v) is 4.58. The molecule has 0 radical (unpaired) electrons. The fourth-order valence-electron chi connectivity index (χ4n) is 4.12. The largest absolute Gasteiger partial charge is 0.503 e. The van der Waals surface area contributed by atoms with E-state index in [4.69, 9.17) is 13.6 Å². The number of carbonyl (C=O) groups is 1. The smallest absolute Gasteiger partial charge is 0.291 e. The van der Waals surface area contributed by atoms with Gasteiger partial charge in [0.25, 0.3) is 5.91 Å². The molecule has 1 N–H and O–H groups in total. The standard InChI is InChI=1S/C24H18BrNO6/c1-12-5-6-17-15(8-12)21(27)19-20(13-9-16(25)22(28)18(10-13)30-2)26(24(29)23(19)32-17)11-14-4-3-7-31-14/h3-10,20,28H,11H2,1-2H3/t20-/m0/s1. The number of aryl methyl sites for hydroxylation is 1. The van der Waals surface area contributed by atoms with Crippen LogP contribution in [0.15, 0.2) is 66.8 Å². The van der Waals surface area contributed by atoms with Crippen LogP contribution in [0.2, 0.25) is 0 Å². The molecule has 162 valence electrons. The second-order valence-corrected chi connectivity index (χ2v) is 8.50. The number of amides is 1. The van der Waals surface area contributed by atoms with E-state index in [1.54, 1.807) is 36.4 Å². The van der Waals surface area contributed by atoms with Gasteiger partial charge in [-0.05, 0) is 64.8 Å². The lowest BCUT2D eigenvalue weighted by molar-refractivity contribution is 0.0701. The number of halogens is 1. The van der Waals surface area contributed by atoms with E-state index in [-0.39, 0.29) is 34.8 Å². The number of hydrogen-bond acceptors (Lipinski definition) is 6. The van der Waals surface area contributed by atoms with Gasteiger partial charge in [0.2, 0.25) is 5.76 Å². The van der Waals surface area contributed by atoms with Crippen molar-refractivity contribution in [2.75, 3.05) is 7.11 Å². The number of carbonyl (C=O) groups excluding carboxylic acids is 1. The van der Waals surface area contributed by atoms with Crippen LogP contribution >= 0.6 is 15.9 Å². The lowest BCUT2D eigenvalue weighted by Gasteiger charge is -2.25. The second kappa shape index (κ2) is 7.56. The minimum atomic E-state index is -0.755. The van der Waals surface area contributed by atoms with Crippen molar-refractivity contribution in [1.29, 1.82) is 0 Å². The van der Waals surface area contributed by atoms with Crippen LogP contribution in [0.5, 0.6) is 11.5 Å². The molecule has 1 amide bonds. The topological polar surface area (TPSA) is 93.1 Å². The van der Waals surface area contributed by atoms with Crippen LogP contribution in [-0.4, -0.2) is 23.0 Å². The SMILES string of the molecule is COc1cc([C@H]2c3c(oc4ccc(C)cc4c3=O)C(=O)N2Cc2ccco2)cc(Br)c1O. The van der Waals surface area contributed by atoms with Crippen LogP contribution in [-0.2, 0) is 6.54 Å². The molecule has 0 saturated heterocycles. The van der Waals surface area contributed by atoms with Gasteiger partial charge in [-0.25, -0.2) is 0 Å². The molecule has 32 heavy (non-hydrogen) atoms. The molecule has 0 fully saturated rings. The minimum Gasteiger partial charge on any atom is -0.503 e. The Morgan fingerprint density at radius 1 is 1.19 bits per heavy atom. The molecule has 1 aliphatic heterocycles. The van der Waals surface area contributed by atoms with Crippen molar-refractivity contribution in [2.24, 2.45) is 0 Å². The normalized spacial score (nSPS) is 15.4. The van der Waals surface area contributed by atoms with Crippen LogP contribution in [0.3, 0.4) is 0 Å². The van der Waals surface area contributed by atoms with E-state index in [1.807, 2.05) is 13.0 Å². The highest BCUT2D eigenvalue weighted by molar-refractivity contribution is 9.10. The van der Waals surface area contributed by atoms with Gasteiger partial charge < -0.3 is 23.6 Å². The van der Waals surface area contributed by atoms with Gasteiger partial charge in [0.05, 0.1) is 41.4 Å². The van der Waals surface area contributed by atoms with Gasteiger partial charge in [-0.15, -0.1) is 0 Å². The Hall–Kier alpha value is -3.52. The number of benzene rings is 2. The van der Waals surface area contributed by atoms with E-state index in [9.17, 15) is 14.7 Å². The van der Waals surface area contributed by atoms with Gasteiger partial charge in [0.1, 0.15) is 11.3 Å². The monoisotopic (exact) mass is 495 g/mol. The van der Waals surface area contributed by atoms with Crippen molar-refractivity contribution >= 4 is 32.8 Å². The number of phenolic OH excluding ortho intramolecular Hbond substituents is 1. The van der Waals surface area contributed by atoms with Crippen molar-refractivity contribution in [2.45, 2.75) is 19.5 Å². The maximum atomic E-state index is 13.6. The Kier molecular flexibility index (Phi) is 4.82. The van der Waals surface area contributed by atoms with Crippen LogP contribution in [0.1, 0.15) is 39.0 Å². The van der Waals surface area contributed by atoms with Gasteiger partial charge in [-0.3, -0.25) is 9.59 Å². The minimum absolute atomic E-state index is 0.00562. The molecule has 0 bridgehead atoms. The van der Waals surface area contributed by atoms with Crippen LogP contribution in [0.4, 0.5) is 0 Å². The first-order chi connectivity index (χ1) is 15.4. The maximum absolute atomic E-state index is 13.6. The third-order valence-corrected chi connectivity index (χ3v) is 6.22. The molecule has 0 aliphatic carbocycles. The lowest BCUT2D eigenvalue weighted by Crippen LogP contribution is -2.29. The summed E-state index contributed by atoms with van der Waals surface area (Å²) in [5.74, 6) is 0.304. The molecule has 0 unspecified atom stereocenters. The average molecular weight is 496 g/mol. The molecule has 0 spiro atoms. The highest BCUT2D eigenvalue weighted by atomic mass is 79.9. The maximum Gasteiger partial charge on any atom is 0.291 e. The Morgan fingerprint density at radius 2 is 2.00 bits per heavy atom. The number of methoxy groups -OCH3 is 1. The molecule has 4 aromatic rings. The van der Waals surface area contributed by atoms with Gasteiger partial charge >= 0.3 is 0 Å². The molecule has 5 rings (SSSR count). The summed E-state index contributed by atoms with van der Waals surface area (Å²) < 4.78 is 17.1. The molecule has 0 saturated carbocycles. The summed E-state index contributed by atoms with van der Waals surface area (Å²) in [6, 6.07) is 11.3. The molecule has 2 aromatic heterocycles. The molecular formula is C24H18BrNO6. The number of phenols is 1. The number of nitrogens with zero attached hydrogens (tertiary/aromatic N) is 1. The summed E-state index contributed by atoms with van der Waals surface area (Å²) in [4.78, 5) is 28.6. The quantitative estimate of drug-likeness (QED) is 0.432. The molecule has 7 nitrogen and oxygen atoms in total. The number of aromatic hydroxyl groups is 1. The zero-order valence-corrected chi connectivity index (χ0v) is 18.8. The third-order valence-electron chi connectivity index (χ3n) is 5.61. The Labute approximate surface area is 191 Å². The van der Waals surface area contributed by atoms with Crippen LogP contribution < -0.4 is 10.2 Å². The van der Waals surface area contributed by atoms with Crippen molar-refractivity contribution < 1.29 is 23.5 Å². The van der Waals surface area contributed by atoms with Crippen molar-refractivity contribution in [1.82, 2.24) is 4.90 Å². The van der Waals surface area contributed by atoms with Gasteiger partial charge in [-0.2, -0.15) is 0 Å². The molecule has 2 aromatic carbocycles. The molecular weight excluding hydrogens is 478 g/mol. The number of ether oxygens (including phenoxy) is 1. The first-order valence-electron chi connectivity index (χ1n) is 9.86. The van der Waals surface area contributed by atoms with Gasteiger partial charge in [0.15, 0.2) is 16.9 Å². The molecule has 1 atom stereocenters. The van der Waals surface area contributed by atoms with Crippen molar-refractivity contribution in [3.63, 3.8) is 0 Å². The van der Waals surface area contributed by atoms with Crippen molar-refractivity contribution in [3.05, 3.63) is 91.6 Å². The zero-order chi connectivity index (χ0) is 22.6. The number of hydrogen-bond donors (Lipinski definition) is 1. The highest BCUT2D eigenvalue weighted by Crippen LogP contribution is 2.44. The summed E-state index contributed by atoms with van der Waals surface area (Å²) >= 11 is 3.33. The lowest BCUT2D eigenvalue weighted by atomic mass is 9.97. The van der Waals surface area contributed by atoms with E-state index in [0.29, 0.717) is 26.8 Å². The summed E-state index contributed by atoms with van der Waals surface area (Å²) in [6.07, 6.45) is 1.53. The van der Waals surface area contributed by atoms with Crippen LogP contribution in [0.25, 0.3) is 11.0 Å². The van der Waals surface area contributed by atoms with E-state index in [2.05, 4.69) is 15.9 Å². The van der Waals surface area contributed by atoms with E-state index < -0.39 is 11.9 Å². The molecule has 3 heterocycles.